The molecule has 0 atom stereocenters. The molecule has 2 aliphatic rings. The first kappa shape index (κ1) is 25.2. The summed E-state index contributed by atoms with van der Waals surface area (Å²) >= 11 is 6.18. The van der Waals surface area contributed by atoms with Gasteiger partial charge in [-0.2, -0.15) is 0 Å². The lowest BCUT2D eigenvalue weighted by molar-refractivity contribution is -0.143. The minimum Gasteiger partial charge on any atom is -0.480 e. The number of rotatable bonds is 6. The van der Waals surface area contributed by atoms with Crippen LogP contribution in [0.3, 0.4) is 0 Å². The molecular formula is C35H30ClNO2. The zero-order chi connectivity index (χ0) is 26.9. The number of allylic oxidation sites excluding steroid dienone is 2. The third kappa shape index (κ3) is 4.79. The lowest BCUT2D eigenvalue weighted by Crippen LogP contribution is -2.52. The Hall–Kier alpha value is -4.08. The number of benzene rings is 4. The zero-order valence-corrected chi connectivity index (χ0v) is 22.4. The van der Waals surface area contributed by atoms with Crippen LogP contribution in [0.4, 0.5) is 5.69 Å². The summed E-state index contributed by atoms with van der Waals surface area (Å²) in [6.45, 7) is 0. The molecule has 0 unspecified atom stereocenters. The minimum absolute atomic E-state index is 0.202. The Morgan fingerprint density at radius 1 is 0.769 bits per heavy atom. The molecule has 0 bridgehead atoms. The molecule has 0 aliphatic heterocycles. The molecule has 1 spiro atoms. The van der Waals surface area contributed by atoms with Gasteiger partial charge in [-0.25, -0.2) is 4.79 Å². The Labute approximate surface area is 234 Å². The SMILES string of the molecule is O=C(O)C1(Nc2cccc(Cl)c2)CCC2(CC1)C(/C=C/c1ccc(-c3ccccc3)cc1)=Cc1ccccc12. The van der Waals surface area contributed by atoms with Gasteiger partial charge in [0.25, 0.3) is 0 Å². The molecule has 0 saturated heterocycles. The molecule has 6 rings (SSSR count). The van der Waals surface area contributed by atoms with Crippen LogP contribution in [0.5, 0.6) is 0 Å². The number of carboxylic acid groups (broad SMARTS) is 1. The van der Waals surface area contributed by atoms with E-state index >= 15 is 0 Å². The molecule has 39 heavy (non-hydrogen) atoms. The molecule has 4 aromatic carbocycles. The van der Waals surface area contributed by atoms with E-state index < -0.39 is 11.5 Å². The van der Waals surface area contributed by atoms with Gasteiger partial charge >= 0.3 is 5.97 Å². The van der Waals surface area contributed by atoms with Crippen LogP contribution < -0.4 is 5.32 Å². The second-order valence-electron chi connectivity index (χ2n) is 10.6. The number of aliphatic carboxylic acids is 1. The van der Waals surface area contributed by atoms with E-state index in [2.05, 4.69) is 96.3 Å². The summed E-state index contributed by atoms with van der Waals surface area (Å²) in [7, 11) is 0. The van der Waals surface area contributed by atoms with Crippen molar-refractivity contribution < 1.29 is 9.90 Å². The first-order valence-corrected chi connectivity index (χ1v) is 13.8. The maximum atomic E-state index is 12.6. The Bertz CT molecular complexity index is 1560. The van der Waals surface area contributed by atoms with Crippen LogP contribution in [0.15, 0.2) is 115 Å². The highest BCUT2D eigenvalue weighted by Gasteiger charge is 2.51. The highest BCUT2D eigenvalue weighted by molar-refractivity contribution is 6.30. The highest BCUT2D eigenvalue weighted by Crippen LogP contribution is 2.54. The van der Waals surface area contributed by atoms with Crippen molar-refractivity contribution in [3.05, 3.63) is 136 Å². The lowest BCUT2D eigenvalue weighted by atomic mass is 9.62. The van der Waals surface area contributed by atoms with Crippen molar-refractivity contribution in [3.63, 3.8) is 0 Å². The van der Waals surface area contributed by atoms with Crippen LogP contribution in [0.1, 0.15) is 42.4 Å². The first-order valence-electron chi connectivity index (χ1n) is 13.4. The fraction of sp³-hybridized carbons (Fsp3) is 0.171. The van der Waals surface area contributed by atoms with E-state index in [0.717, 1.165) is 24.1 Å². The predicted octanol–water partition coefficient (Wildman–Crippen LogP) is 8.86. The maximum Gasteiger partial charge on any atom is 0.329 e. The lowest BCUT2D eigenvalue weighted by Gasteiger charge is -2.45. The number of carbonyl (C=O) groups is 1. The second kappa shape index (κ2) is 10.2. The quantitative estimate of drug-likeness (QED) is 0.261. The molecule has 0 aromatic heterocycles. The number of hydrogen-bond acceptors (Lipinski definition) is 2. The third-order valence-electron chi connectivity index (χ3n) is 8.39. The standard InChI is InChI=1S/C35H30ClNO2/c36-30-10-6-11-31(24-30)37-35(33(38)39)21-19-34(20-22-35)29(23-28-9-4-5-12-32(28)34)18-15-25-13-16-27(17-14-25)26-7-2-1-3-8-26/h1-18,23-24,37H,19-22H2,(H,38,39)/b18-15+. The molecule has 4 heteroatoms. The minimum atomic E-state index is -1.03. The van der Waals surface area contributed by atoms with Crippen molar-refractivity contribution >= 4 is 35.4 Å². The summed E-state index contributed by atoms with van der Waals surface area (Å²) in [4.78, 5) is 12.6. The summed E-state index contributed by atoms with van der Waals surface area (Å²) in [5.74, 6) is -0.816. The van der Waals surface area contributed by atoms with Gasteiger partial charge in [0.05, 0.1) is 0 Å². The number of nitrogens with one attached hydrogen (secondary N) is 1. The fourth-order valence-electron chi connectivity index (χ4n) is 6.23. The predicted molar refractivity (Wildman–Crippen MR) is 161 cm³/mol. The molecule has 2 aliphatic carbocycles. The Kier molecular flexibility index (Phi) is 6.62. The van der Waals surface area contributed by atoms with Crippen LogP contribution in [0, 0.1) is 0 Å². The Morgan fingerprint density at radius 3 is 2.18 bits per heavy atom. The van der Waals surface area contributed by atoms with Gasteiger partial charge in [-0.15, -0.1) is 0 Å². The van der Waals surface area contributed by atoms with Crippen LogP contribution in [0.2, 0.25) is 5.02 Å². The molecule has 2 N–H and O–H groups in total. The molecule has 1 fully saturated rings. The van der Waals surface area contributed by atoms with Gasteiger partial charge in [0, 0.05) is 16.1 Å². The van der Waals surface area contributed by atoms with Crippen molar-refractivity contribution in [2.24, 2.45) is 0 Å². The van der Waals surface area contributed by atoms with E-state index in [0.29, 0.717) is 17.9 Å². The first-order chi connectivity index (χ1) is 19.0. The zero-order valence-electron chi connectivity index (χ0n) is 21.6. The second-order valence-corrected chi connectivity index (χ2v) is 11.0. The average Bonchev–Trinajstić information content (AvgIpc) is 3.27. The van der Waals surface area contributed by atoms with Gasteiger partial charge in [-0.05, 0) is 77.3 Å². The maximum absolute atomic E-state index is 12.6. The van der Waals surface area contributed by atoms with E-state index in [-0.39, 0.29) is 5.41 Å². The van der Waals surface area contributed by atoms with Crippen molar-refractivity contribution in [1.82, 2.24) is 0 Å². The molecular weight excluding hydrogens is 502 g/mol. The summed E-state index contributed by atoms with van der Waals surface area (Å²) in [6, 6.07) is 34.8. The summed E-state index contributed by atoms with van der Waals surface area (Å²) in [6.07, 6.45) is 9.20. The van der Waals surface area contributed by atoms with Crippen molar-refractivity contribution in [3.8, 4) is 11.1 Å². The molecule has 0 radical (unpaired) electrons. The van der Waals surface area contributed by atoms with Crippen LogP contribution in [0.25, 0.3) is 23.3 Å². The van der Waals surface area contributed by atoms with E-state index in [1.54, 1.807) is 12.1 Å². The highest BCUT2D eigenvalue weighted by atomic mass is 35.5. The summed E-state index contributed by atoms with van der Waals surface area (Å²) < 4.78 is 0. The van der Waals surface area contributed by atoms with E-state index in [9.17, 15) is 9.90 Å². The van der Waals surface area contributed by atoms with Crippen molar-refractivity contribution in [2.75, 3.05) is 5.32 Å². The smallest absolute Gasteiger partial charge is 0.329 e. The van der Waals surface area contributed by atoms with E-state index in [1.807, 2.05) is 18.2 Å². The average molecular weight is 532 g/mol. The normalized spacial score (nSPS) is 22.0. The van der Waals surface area contributed by atoms with Gasteiger partial charge in [0.2, 0.25) is 0 Å². The van der Waals surface area contributed by atoms with E-state index in [4.69, 9.17) is 11.6 Å². The summed E-state index contributed by atoms with van der Waals surface area (Å²) in [5, 5.41) is 14.3. The number of carboxylic acids is 1. The number of fused-ring (bicyclic) bond motifs is 2. The summed E-state index contributed by atoms with van der Waals surface area (Å²) in [5.41, 5.74) is 6.81. The molecule has 0 heterocycles. The van der Waals surface area contributed by atoms with Crippen LogP contribution in [-0.4, -0.2) is 16.6 Å². The van der Waals surface area contributed by atoms with Gasteiger partial charge < -0.3 is 10.4 Å². The van der Waals surface area contributed by atoms with Crippen molar-refractivity contribution in [1.29, 1.82) is 0 Å². The largest absolute Gasteiger partial charge is 0.480 e. The van der Waals surface area contributed by atoms with Crippen LogP contribution in [-0.2, 0) is 10.2 Å². The molecule has 194 valence electrons. The number of halogens is 1. The Morgan fingerprint density at radius 2 is 1.46 bits per heavy atom. The third-order valence-corrected chi connectivity index (χ3v) is 8.62. The topological polar surface area (TPSA) is 49.3 Å². The Balaban J connectivity index is 1.27. The molecule has 4 aromatic rings. The molecule has 1 saturated carbocycles. The number of anilines is 1. The van der Waals surface area contributed by atoms with Gasteiger partial charge in [0.1, 0.15) is 5.54 Å². The fourth-order valence-corrected chi connectivity index (χ4v) is 6.42. The monoisotopic (exact) mass is 531 g/mol. The molecule has 0 amide bonds. The van der Waals surface area contributed by atoms with E-state index in [1.165, 1.54) is 27.8 Å². The van der Waals surface area contributed by atoms with Gasteiger partial charge in [-0.3, -0.25) is 0 Å². The number of hydrogen-bond donors (Lipinski definition) is 2. The van der Waals surface area contributed by atoms with Crippen molar-refractivity contribution in [2.45, 2.75) is 36.6 Å². The van der Waals surface area contributed by atoms with Gasteiger partial charge in [-0.1, -0.05) is 115 Å². The van der Waals surface area contributed by atoms with Crippen LogP contribution >= 0.6 is 11.6 Å². The van der Waals surface area contributed by atoms with Gasteiger partial charge in [0.15, 0.2) is 0 Å². The molecule has 3 nitrogen and oxygen atoms in total.